The third-order valence-corrected chi connectivity index (χ3v) is 5.26. The summed E-state index contributed by atoms with van der Waals surface area (Å²) in [4.78, 5) is 11.2. The van der Waals surface area contributed by atoms with Crippen LogP contribution in [0.25, 0.3) is 10.2 Å². The Balaban J connectivity index is 1.57. The van der Waals surface area contributed by atoms with Gasteiger partial charge in [0.15, 0.2) is 5.16 Å². The Morgan fingerprint density at radius 1 is 1.19 bits per heavy atom. The number of nitrogens with zero attached hydrogens (tertiary/aromatic N) is 2. The zero-order valence-electron chi connectivity index (χ0n) is 14.8. The average molecular weight is 413 g/mol. The molecule has 0 saturated carbocycles. The first-order valence-corrected chi connectivity index (χ1v) is 10.3. The van der Waals surface area contributed by atoms with Gasteiger partial charge in [-0.25, -0.2) is 9.97 Å². The van der Waals surface area contributed by atoms with Crippen LogP contribution in [0, 0.1) is 6.92 Å². The Bertz CT molecular complexity index is 911. The number of benzene rings is 1. The Morgan fingerprint density at radius 3 is 2.59 bits per heavy atom. The number of thiophene rings is 1. The molecule has 0 aliphatic rings. The largest absolute Gasteiger partial charge is 0.573 e. The number of halogens is 3. The number of nitrogens with one attached hydrogen (secondary N) is 1. The summed E-state index contributed by atoms with van der Waals surface area (Å²) in [6.07, 6.45) is -1.16. The first-order valence-electron chi connectivity index (χ1n) is 8.25. The SMILES string of the molecule is CSc1nc(NCCCc2ccc(OC(F)(F)F)cc2)c2cc(C)sc2n1. The van der Waals surface area contributed by atoms with E-state index in [9.17, 15) is 13.2 Å². The third kappa shape index (κ3) is 5.49. The molecular weight excluding hydrogens is 395 g/mol. The van der Waals surface area contributed by atoms with Gasteiger partial charge in [-0.05, 0) is 49.8 Å². The quantitative estimate of drug-likeness (QED) is 0.307. The Labute approximate surface area is 163 Å². The first-order chi connectivity index (χ1) is 12.8. The molecule has 0 unspecified atom stereocenters. The number of ether oxygens (including phenoxy) is 1. The molecule has 0 amide bonds. The molecule has 3 aromatic rings. The second kappa shape index (κ2) is 8.35. The highest BCUT2D eigenvalue weighted by atomic mass is 32.2. The molecule has 0 spiro atoms. The lowest BCUT2D eigenvalue weighted by molar-refractivity contribution is -0.274. The second-order valence-electron chi connectivity index (χ2n) is 5.86. The van der Waals surface area contributed by atoms with Crippen molar-refractivity contribution < 1.29 is 17.9 Å². The van der Waals surface area contributed by atoms with Crippen molar-refractivity contribution in [1.82, 2.24) is 9.97 Å². The van der Waals surface area contributed by atoms with Gasteiger partial charge in [-0.15, -0.1) is 24.5 Å². The molecule has 2 aromatic heterocycles. The van der Waals surface area contributed by atoms with Crippen molar-refractivity contribution >= 4 is 39.1 Å². The van der Waals surface area contributed by atoms with Gasteiger partial charge in [0.05, 0.1) is 5.39 Å². The number of rotatable bonds is 7. The monoisotopic (exact) mass is 413 g/mol. The van der Waals surface area contributed by atoms with Crippen LogP contribution in [0.15, 0.2) is 35.5 Å². The van der Waals surface area contributed by atoms with E-state index in [0.717, 1.165) is 39.6 Å². The van der Waals surface area contributed by atoms with E-state index in [1.165, 1.54) is 28.8 Å². The second-order valence-corrected chi connectivity index (χ2v) is 7.87. The van der Waals surface area contributed by atoms with Crippen LogP contribution < -0.4 is 10.1 Å². The van der Waals surface area contributed by atoms with Gasteiger partial charge in [0.25, 0.3) is 0 Å². The molecule has 0 atom stereocenters. The van der Waals surface area contributed by atoms with Gasteiger partial charge in [0, 0.05) is 11.4 Å². The highest BCUT2D eigenvalue weighted by Crippen LogP contribution is 2.30. The van der Waals surface area contributed by atoms with Crippen LogP contribution >= 0.6 is 23.1 Å². The molecule has 2 heterocycles. The summed E-state index contributed by atoms with van der Waals surface area (Å²) in [5, 5.41) is 5.10. The Kier molecular flexibility index (Phi) is 6.11. The number of fused-ring (bicyclic) bond motifs is 1. The molecule has 27 heavy (non-hydrogen) atoms. The molecule has 3 rings (SSSR count). The standard InChI is InChI=1S/C18H18F3N3OS2/c1-11-10-14-15(23-17(26-2)24-16(14)27-11)22-9-3-4-12-5-7-13(8-6-12)25-18(19,20)21/h5-8,10H,3-4,9H2,1-2H3,(H,22,23,24). The lowest BCUT2D eigenvalue weighted by atomic mass is 10.1. The minimum Gasteiger partial charge on any atom is -0.406 e. The normalized spacial score (nSPS) is 11.7. The zero-order valence-corrected chi connectivity index (χ0v) is 16.4. The van der Waals surface area contributed by atoms with Crippen LogP contribution in [0.1, 0.15) is 16.9 Å². The molecule has 144 valence electrons. The van der Waals surface area contributed by atoms with E-state index in [1.807, 2.05) is 13.2 Å². The number of alkyl halides is 3. The molecule has 0 bridgehead atoms. The molecular formula is C18H18F3N3OS2. The minimum absolute atomic E-state index is 0.204. The van der Waals surface area contributed by atoms with Crippen molar-refractivity contribution in [1.29, 1.82) is 0 Å². The molecule has 1 aromatic carbocycles. The first kappa shape index (κ1) is 19.8. The molecule has 0 saturated heterocycles. The fourth-order valence-electron chi connectivity index (χ4n) is 2.61. The van der Waals surface area contributed by atoms with Crippen LogP contribution in [0.2, 0.25) is 0 Å². The van der Waals surface area contributed by atoms with E-state index in [-0.39, 0.29) is 5.75 Å². The van der Waals surface area contributed by atoms with E-state index >= 15 is 0 Å². The van der Waals surface area contributed by atoms with Gasteiger partial charge in [0.1, 0.15) is 16.4 Å². The van der Waals surface area contributed by atoms with E-state index < -0.39 is 6.36 Å². The third-order valence-electron chi connectivity index (χ3n) is 3.77. The van der Waals surface area contributed by atoms with Gasteiger partial charge in [0.2, 0.25) is 0 Å². The van der Waals surface area contributed by atoms with Crippen molar-refractivity contribution in [3.8, 4) is 5.75 Å². The predicted molar refractivity (Wildman–Crippen MR) is 104 cm³/mol. The summed E-state index contributed by atoms with van der Waals surface area (Å²) in [5.41, 5.74) is 0.954. The van der Waals surface area contributed by atoms with Crippen molar-refractivity contribution in [3.05, 3.63) is 40.8 Å². The van der Waals surface area contributed by atoms with Gasteiger partial charge in [-0.2, -0.15) is 0 Å². The number of thioether (sulfide) groups is 1. The highest BCUT2D eigenvalue weighted by Gasteiger charge is 2.30. The van der Waals surface area contributed by atoms with Gasteiger partial charge < -0.3 is 10.1 Å². The Morgan fingerprint density at radius 2 is 1.93 bits per heavy atom. The zero-order chi connectivity index (χ0) is 19.4. The van der Waals surface area contributed by atoms with Crippen LogP contribution in [-0.4, -0.2) is 29.1 Å². The predicted octanol–water partition coefficient (Wildman–Crippen LogP) is 5.66. The van der Waals surface area contributed by atoms with Crippen LogP contribution in [-0.2, 0) is 6.42 Å². The van der Waals surface area contributed by atoms with E-state index in [1.54, 1.807) is 23.5 Å². The fourth-order valence-corrected chi connectivity index (χ4v) is 3.91. The molecule has 4 nitrogen and oxygen atoms in total. The van der Waals surface area contributed by atoms with Crippen molar-refractivity contribution in [2.45, 2.75) is 31.3 Å². The number of hydrogen-bond acceptors (Lipinski definition) is 6. The van der Waals surface area contributed by atoms with Gasteiger partial charge in [-0.1, -0.05) is 23.9 Å². The van der Waals surface area contributed by atoms with Crippen molar-refractivity contribution in [2.24, 2.45) is 0 Å². The molecule has 0 radical (unpaired) electrons. The Hall–Kier alpha value is -2.00. The summed E-state index contributed by atoms with van der Waals surface area (Å²) in [5.74, 6) is 0.618. The molecule has 9 heteroatoms. The lowest BCUT2D eigenvalue weighted by Crippen LogP contribution is -2.17. The minimum atomic E-state index is -4.66. The van der Waals surface area contributed by atoms with Gasteiger partial charge >= 0.3 is 6.36 Å². The summed E-state index contributed by atoms with van der Waals surface area (Å²) in [7, 11) is 0. The van der Waals surface area contributed by atoms with Crippen LogP contribution in [0.5, 0.6) is 5.75 Å². The topological polar surface area (TPSA) is 47.0 Å². The van der Waals surface area contributed by atoms with Crippen molar-refractivity contribution in [3.63, 3.8) is 0 Å². The molecule has 0 fully saturated rings. The maximum atomic E-state index is 12.2. The summed E-state index contributed by atoms with van der Waals surface area (Å²) in [6.45, 7) is 2.75. The molecule has 0 aliphatic heterocycles. The highest BCUT2D eigenvalue weighted by molar-refractivity contribution is 7.98. The van der Waals surface area contributed by atoms with Crippen LogP contribution in [0.3, 0.4) is 0 Å². The number of hydrogen-bond donors (Lipinski definition) is 1. The maximum Gasteiger partial charge on any atom is 0.573 e. The fraction of sp³-hybridized carbons (Fsp3) is 0.333. The number of aromatic nitrogens is 2. The van der Waals surface area contributed by atoms with Gasteiger partial charge in [-0.3, -0.25) is 0 Å². The lowest BCUT2D eigenvalue weighted by Gasteiger charge is -2.10. The van der Waals surface area contributed by atoms with Crippen molar-refractivity contribution in [2.75, 3.05) is 18.1 Å². The summed E-state index contributed by atoms with van der Waals surface area (Å²) >= 11 is 3.14. The van der Waals surface area contributed by atoms with E-state index in [0.29, 0.717) is 6.54 Å². The smallest absolute Gasteiger partial charge is 0.406 e. The van der Waals surface area contributed by atoms with E-state index in [2.05, 4.69) is 26.1 Å². The maximum absolute atomic E-state index is 12.2. The average Bonchev–Trinajstić information content (AvgIpc) is 2.98. The molecule has 1 N–H and O–H groups in total. The summed E-state index contributed by atoms with van der Waals surface area (Å²) < 4.78 is 40.4. The molecule has 0 aliphatic carbocycles. The number of anilines is 1. The van der Waals surface area contributed by atoms with Crippen LogP contribution in [0.4, 0.5) is 19.0 Å². The summed E-state index contributed by atoms with van der Waals surface area (Å²) in [6, 6.07) is 8.05. The van der Waals surface area contributed by atoms with E-state index in [4.69, 9.17) is 0 Å². The number of aryl methyl sites for hydroxylation is 2.